The first-order chi connectivity index (χ1) is 12.7. The molecule has 0 amide bonds. The zero-order valence-electron chi connectivity index (χ0n) is 14.1. The number of ether oxygens (including phenoxy) is 1. The molecule has 0 spiro atoms. The Morgan fingerprint density at radius 3 is 2.38 bits per heavy atom. The number of carbonyl (C=O) groups excluding carboxylic acids is 1. The molecule has 3 heterocycles. The van der Waals surface area contributed by atoms with Crippen molar-refractivity contribution < 1.29 is 9.53 Å². The number of hydrogen-bond donors (Lipinski definition) is 0. The standard InChI is InChI=1S/C21H15N3O2/c1-14(25)26-21-5-3-17(13-24-21)16-2-4-20-19(12-16)18(8-11-23-20)15-6-9-22-10-7-15/h2-13H,1H3. The summed E-state index contributed by atoms with van der Waals surface area (Å²) in [6.45, 7) is 1.35. The summed E-state index contributed by atoms with van der Waals surface area (Å²) in [5.41, 5.74) is 5.07. The van der Waals surface area contributed by atoms with E-state index in [2.05, 4.69) is 21.0 Å². The number of pyridine rings is 3. The van der Waals surface area contributed by atoms with Crippen LogP contribution in [0, 0.1) is 0 Å². The van der Waals surface area contributed by atoms with Crippen LogP contribution in [0.5, 0.6) is 5.88 Å². The largest absolute Gasteiger partial charge is 0.408 e. The van der Waals surface area contributed by atoms with Gasteiger partial charge in [0, 0.05) is 48.7 Å². The van der Waals surface area contributed by atoms with Gasteiger partial charge in [0.15, 0.2) is 0 Å². The van der Waals surface area contributed by atoms with E-state index in [0.29, 0.717) is 5.88 Å². The van der Waals surface area contributed by atoms with Crippen LogP contribution in [0.3, 0.4) is 0 Å². The van der Waals surface area contributed by atoms with E-state index in [1.165, 1.54) is 6.92 Å². The first kappa shape index (κ1) is 15.9. The Bertz CT molecular complexity index is 1080. The van der Waals surface area contributed by atoms with Gasteiger partial charge < -0.3 is 4.74 Å². The predicted octanol–water partition coefficient (Wildman–Crippen LogP) is 4.28. The highest BCUT2D eigenvalue weighted by atomic mass is 16.5. The third kappa shape index (κ3) is 3.15. The molecule has 0 atom stereocenters. The van der Waals surface area contributed by atoms with E-state index in [4.69, 9.17) is 4.74 Å². The van der Waals surface area contributed by atoms with Crippen LogP contribution in [0.15, 0.2) is 73.3 Å². The van der Waals surface area contributed by atoms with E-state index in [-0.39, 0.29) is 5.97 Å². The molecule has 0 aliphatic rings. The molecule has 5 heteroatoms. The topological polar surface area (TPSA) is 65.0 Å². The smallest absolute Gasteiger partial charge is 0.309 e. The Morgan fingerprint density at radius 2 is 1.65 bits per heavy atom. The molecule has 126 valence electrons. The fourth-order valence-electron chi connectivity index (χ4n) is 2.87. The number of nitrogens with zero attached hydrogens (tertiary/aromatic N) is 3. The molecule has 0 saturated heterocycles. The minimum atomic E-state index is -0.385. The second-order valence-corrected chi connectivity index (χ2v) is 5.81. The lowest BCUT2D eigenvalue weighted by molar-refractivity contribution is -0.132. The van der Waals surface area contributed by atoms with Gasteiger partial charge in [0.2, 0.25) is 5.88 Å². The van der Waals surface area contributed by atoms with Gasteiger partial charge in [-0.25, -0.2) is 4.98 Å². The van der Waals surface area contributed by atoms with Gasteiger partial charge in [0.25, 0.3) is 0 Å². The minimum Gasteiger partial charge on any atom is -0.408 e. The summed E-state index contributed by atoms with van der Waals surface area (Å²) in [5, 5.41) is 1.06. The van der Waals surface area contributed by atoms with Crippen LogP contribution >= 0.6 is 0 Å². The number of esters is 1. The van der Waals surface area contributed by atoms with Crippen LogP contribution in [-0.2, 0) is 4.79 Å². The van der Waals surface area contributed by atoms with Crippen LogP contribution < -0.4 is 4.74 Å². The number of benzene rings is 1. The van der Waals surface area contributed by atoms with Crippen molar-refractivity contribution in [3.05, 3.63) is 73.3 Å². The van der Waals surface area contributed by atoms with E-state index < -0.39 is 0 Å². The van der Waals surface area contributed by atoms with Crippen molar-refractivity contribution in [3.63, 3.8) is 0 Å². The second-order valence-electron chi connectivity index (χ2n) is 5.81. The highest BCUT2D eigenvalue weighted by Crippen LogP contribution is 2.31. The Kier molecular flexibility index (Phi) is 4.11. The summed E-state index contributed by atoms with van der Waals surface area (Å²) < 4.78 is 4.99. The Hall–Kier alpha value is -3.60. The van der Waals surface area contributed by atoms with Crippen molar-refractivity contribution in [1.29, 1.82) is 0 Å². The van der Waals surface area contributed by atoms with Gasteiger partial charge in [-0.3, -0.25) is 14.8 Å². The summed E-state index contributed by atoms with van der Waals surface area (Å²) in [5.74, 6) is -0.0924. The fraction of sp³-hybridized carbons (Fsp3) is 0.0476. The summed E-state index contributed by atoms with van der Waals surface area (Å²) in [7, 11) is 0. The van der Waals surface area contributed by atoms with Gasteiger partial charge in [0.05, 0.1) is 5.52 Å². The zero-order chi connectivity index (χ0) is 17.9. The molecule has 0 bridgehead atoms. The van der Waals surface area contributed by atoms with Gasteiger partial charge >= 0.3 is 5.97 Å². The quantitative estimate of drug-likeness (QED) is 0.520. The Morgan fingerprint density at radius 1 is 0.846 bits per heavy atom. The molecule has 5 nitrogen and oxygen atoms in total. The average Bonchev–Trinajstić information content (AvgIpc) is 2.68. The number of hydrogen-bond acceptors (Lipinski definition) is 5. The SMILES string of the molecule is CC(=O)Oc1ccc(-c2ccc3nccc(-c4ccncc4)c3c2)cn1. The van der Waals surface area contributed by atoms with Crippen molar-refractivity contribution in [3.8, 4) is 28.1 Å². The van der Waals surface area contributed by atoms with Crippen LogP contribution in [0.25, 0.3) is 33.2 Å². The van der Waals surface area contributed by atoms with E-state index in [0.717, 1.165) is 33.2 Å². The maximum absolute atomic E-state index is 11.0. The maximum Gasteiger partial charge on any atom is 0.309 e. The van der Waals surface area contributed by atoms with E-state index in [1.54, 1.807) is 24.7 Å². The molecule has 0 aliphatic carbocycles. The Balaban J connectivity index is 1.79. The lowest BCUT2D eigenvalue weighted by atomic mass is 9.98. The summed E-state index contributed by atoms with van der Waals surface area (Å²) in [6, 6.07) is 15.6. The monoisotopic (exact) mass is 341 g/mol. The maximum atomic E-state index is 11.0. The third-order valence-electron chi connectivity index (χ3n) is 4.05. The zero-order valence-corrected chi connectivity index (χ0v) is 14.1. The third-order valence-corrected chi connectivity index (χ3v) is 4.05. The molecule has 0 radical (unpaired) electrons. The number of fused-ring (bicyclic) bond motifs is 1. The van der Waals surface area contributed by atoms with Gasteiger partial charge in [-0.05, 0) is 53.1 Å². The molecule has 0 saturated carbocycles. The number of carbonyl (C=O) groups is 1. The molecule has 1 aromatic carbocycles. The average molecular weight is 341 g/mol. The molecule has 4 aromatic rings. The van der Waals surface area contributed by atoms with E-state index in [9.17, 15) is 4.79 Å². The Labute approximate surface area is 150 Å². The van der Waals surface area contributed by atoms with Crippen molar-refractivity contribution in [2.75, 3.05) is 0 Å². The van der Waals surface area contributed by atoms with Gasteiger partial charge in [-0.2, -0.15) is 0 Å². The summed E-state index contributed by atoms with van der Waals surface area (Å²) in [4.78, 5) is 23.7. The first-order valence-electron chi connectivity index (χ1n) is 8.15. The lowest BCUT2D eigenvalue weighted by Gasteiger charge is -2.09. The van der Waals surface area contributed by atoms with Crippen molar-refractivity contribution in [2.24, 2.45) is 0 Å². The van der Waals surface area contributed by atoms with Crippen molar-refractivity contribution in [2.45, 2.75) is 6.92 Å². The fourth-order valence-corrected chi connectivity index (χ4v) is 2.87. The molecule has 0 unspecified atom stereocenters. The molecular formula is C21H15N3O2. The molecule has 26 heavy (non-hydrogen) atoms. The van der Waals surface area contributed by atoms with Gasteiger partial charge in [0.1, 0.15) is 0 Å². The number of aromatic nitrogens is 3. The molecule has 3 aromatic heterocycles. The van der Waals surface area contributed by atoms with Crippen LogP contribution in [0.1, 0.15) is 6.92 Å². The van der Waals surface area contributed by atoms with Gasteiger partial charge in [-0.15, -0.1) is 0 Å². The molecule has 0 fully saturated rings. The van der Waals surface area contributed by atoms with Crippen LogP contribution in [0.4, 0.5) is 0 Å². The molecule has 0 aliphatic heterocycles. The normalized spacial score (nSPS) is 10.7. The minimum absolute atomic E-state index is 0.293. The van der Waals surface area contributed by atoms with Gasteiger partial charge in [-0.1, -0.05) is 6.07 Å². The van der Waals surface area contributed by atoms with Crippen LogP contribution in [0.2, 0.25) is 0 Å². The van der Waals surface area contributed by atoms with Crippen molar-refractivity contribution in [1.82, 2.24) is 15.0 Å². The highest BCUT2D eigenvalue weighted by Gasteiger charge is 2.08. The summed E-state index contributed by atoms with van der Waals surface area (Å²) >= 11 is 0. The first-order valence-corrected chi connectivity index (χ1v) is 8.15. The second kappa shape index (κ2) is 6.72. The lowest BCUT2D eigenvalue weighted by Crippen LogP contribution is -2.02. The molecule has 0 N–H and O–H groups in total. The summed E-state index contributed by atoms with van der Waals surface area (Å²) in [6.07, 6.45) is 7.07. The predicted molar refractivity (Wildman–Crippen MR) is 99.5 cm³/mol. The van der Waals surface area contributed by atoms with E-state index >= 15 is 0 Å². The molecular weight excluding hydrogens is 326 g/mol. The number of rotatable bonds is 3. The molecule has 4 rings (SSSR count). The van der Waals surface area contributed by atoms with Crippen molar-refractivity contribution >= 4 is 16.9 Å². The van der Waals surface area contributed by atoms with E-state index in [1.807, 2.05) is 42.6 Å². The van der Waals surface area contributed by atoms with Crippen LogP contribution in [-0.4, -0.2) is 20.9 Å². The highest BCUT2D eigenvalue weighted by molar-refractivity contribution is 5.96.